The van der Waals surface area contributed by atoms with Gasteiger partial charge in [0.1, 0.15) is 6.21 Å². The molecular formula is C15H14N4O. The smallest absolute Gasteiger partial charge is 0.155 e. The molecule has 1 N–H and O–H groups in total. The predicted molar refractivity (Wildman–Crippen MR) is 73.8 cm³/mol. The molecule has 1 atom stereocenters. The van der Waals surface area contributed by atoms with E-state index in [1.54, 1.807) is 0 Å². The summed E-state index contributed by atoms with van der Waals surface area (Å²) in [7, 11) is 0. The van der Waals surface area contributed by atoms with Crippen molar-refractivity contribution in [2.75, 3.05) is 0 Å². The normalized spacial score (nSPS) is 17.9. The van der Waals surface area contributed by atoms with Gasteiger partial charge in [-0.05, 0) is 37.0 Å². The fourth-order valence-electron chi connectivity index (χ4n) is 2.81. The highest BCUT2D eigenvalue weighted by Gasteiger charge is 2.24. The fraction of sp³-hybridized carbons (Fsp3) is 0.267. The summed E-state index contributed by atoms with van der Waals surface area (Å²) < 4.78 is 2.12. The molecule has 0 spiro atoms. The van der Waals surface area contributed by atoms with Crippen molar-refractivity contribution in [1.82, 2.24) is 9.55 Å². The van der Waals surface area contributed by atoms with Crippen LogP contribution < -0.4 is 0 Å². The Morgan fingerprint density at radius 2 is 2.20 bits per heavy atom. The summed E-state index contributed by atoms with van der Waals surface area (Å²) in [5, 5.41) is 20.7. The summed E-state index contributed by atoms with van der Waals surface area (Å²) in [5.41, 5.74) is 2.96. The van der Waals surface area contributed by atoms with Crippen molar-refractivity contribution >= 4 is 6.21 Å². The van der Waals surface area contributed by atoms with Crippen LogP contribution in [-0.4, -0.2) is 21.0 Å². The van der Waals surface area contributed by atoms with Gasteiger partial charge in [0.15, 0.2) is 5.82 Å². The van der Waals surface area contributed by atoms with Crippen LogP contribution in [0.3, 0.4) is 0 Å². The molecule has 0 aliphatic carbocycles. The van der Waals surface area contributed by atoms with Gasteiger partial charge in [-0.2, -0.15) is 5.26 Å². The van der Waals surface area contributed by atoms with E-state index >= 15 is 0 Å². The monoisotopic (exact) mass is 266 g/mol. The number of nitrogens with zero attached hydrogens (tertiary/aromatic N) is 4. The van der Waals surface area contributed by atoms with Crippen LogP contribution in [0.2, 0.25) is 0 Å². The highest BCUT2D eigenvalue weighted by molar-refractivity contribution is 5.74. The number of nitriles is 1. The summed E-state index contributed by atoms with van der Waals surface area (Å²) in [6.45, 7) is 0. The Morgan fingerprint density at radius 1 is 1.40 bits per heavy atom. The lowest BCUT2D eigenvalue weighted by Crippen LogP contribution is -2.20. The molecule has 5 heteroatoms. The number of oxime groups is 1. The van der Waals surface area contributed by atoms with Crippen molar-refractivity contribution in [3.8, 4) is 6.07 Å². The average Bonchev–Trinajstić information content (AvgIpc) is 2.91. The molecule has 3 rings (SSSR count). The highest BCUT2D eigenvalue weighted by Crippen LogP contribution is 2.31. The molecule has 1 aromatic carbocycles. The Kier molecular flexibility index (Phi) is 3.21. The summed E-state index contributed by atoms with van der Waals surface area (Å²) in [6, 6.07) is 9.95. The fourth-order valence-corrected chi connectivity index (χ4v) is 2.81. The van der Waals surface area contributed by atoms with Crippen molar-refractivity contribution in [3.05, 3.63) is 53.1 Å². The number of imidazole rings is 1. The third kappa shape index (κ3) is 2.05. The molecule has 2 aromatic rings. The lowest BCUT2D eigenvalue weighted by Gasteiger charge is -2.27. The van der Waals surface area contributed by atoms with Crippen LogP contribution in [0.25, 0.3) is 0 Å². The van der Waals surface area contributed by atoms with Gasteiger partial charge in [-0.15, -0.1) is 0 Å². The standard InChI is InChI=1S/C15H14N4O/c16-8-11-4-6-12(7-5-11)14-3-1-2-13-9-17-15(10-18-20)19(13)14/h4-7,9-10,14,20H,1-3H2/b18-10+. The first kappa shape index (κ1) is 12.4. The molecule has 0 saturated heterocycles. The van der Waals surface area contributed by atoms with Crippen LogP contribution in [0.4, 0.5) is 0 Å². The Hall–Kier alpha value is -2.61. The van der Waals surface area contributed by atoms with Gasteiger partial charge in [0.25, 0.3) is 0 Å². The number of benzene rings is 1. The minimum Gasteiger partial charge on any atom is -0.411 e. The number of hydrogen-bond donors (Lipinski definition) is 1. The molecule has 1 aromatic heterocycles. The van der Waals surface area contributed by atoms with E-state index in [2.05, 4.69) is 20.8 Å². The molecule has 5 nitrogen and oxygen atoms in total. The molecule has 1 aliphatic heterocycles. The Morgan fingerprint density at radius 3 is 2.90 bits per heavy atom. The van der Waals surface area contributed by atoms with Crippen LogP contribution in [0.5, 0.6) is 0 Å². The lowest BCUT2D eigenvalue weighted by atomic mass is 9.95. The molecule has 20 heavy (non-hydrogen) atoms. The third-order valence-electron chi connectivity index (χ3n) is 3.72. The van der Waals surface area contributed by atoms with Crippen LogP contribution in [0, 0.1) is 11.3 Å². The van der Waals surface area contributed by atoms with E-state index < -0.39 is 0 Å². The van der Waals surface area contributed by atoms with Crippen LogP contribution >= 0.6 is 0 Å². The number of fused-ring (bicyclic) bond motifs is 1. The van der Waals surface area contributed by atoms with Crippen LogP contribution in [-0.2, 0) is 6.42 Å². The SMILES string of the molecule is N#Cc1ccc(C2CCCc3cnc(/C=N/O)n32)cc1. The summed E-state index contributed by atoms with van der Waals surface area (Å²) in [4.78, 5) is 4.30. The van der Waals surface area contributed by atoms with Gasteiger partial charge in [-0.3, -0.25) is 0 Å². The largest absolute Gasteiger partial charge is 0.411 e. The quantitative estimate of drug-likeness (QED) is 0.515. The molecule has 0 bridgehead atoms. The maximum Gasteiger partial charge on any atom is 0.155 e. The van der Waals surface area contributed by atoms with E-state index in [-0.39, 0.29) is 6.04 Å². The second kappa shape index (κ2) is 5.17. The molecule has 1 aliphatic rings. The van der Waals surface area contributed by atoms with Gasteiger partial charge in [0.2, 0.25) is 0 Å². The number of aromatic nitrogens is 2. The van der Waals surface area contributed by atoms with Gasteiger partial charge in [0.05, 0.1) is 17.7 Å². The topological polar surface area (TPSA) is 74.2 Å². The Bertz CT molecular complexity index is 679. The second-order valence-corrected chi connectivity index (χ2v) is 4.86. The number of aryl methyl sites for hydroxylation is 1. The van der Waals surface area contributed by atoms with E-state index in [0.717, 1.165) is 30.5 Å². The maximum atomic E-state index is 8.87. The molecule has 2 heterocycles. The zero-order chi connectivity index (χ0) is 13.9. The Labute approximate surface area is 116 Å². The molecule has 0 amide bonds. The minimum atomic E-state index is 0.182. The van der Waals surface area contributed by atoms with E-state index in [1.807, 2.05) is 30.5 Å². The van der Waals surface area contributed by atoms with Gasteiger partial charge in [0, 0.05) is 11.9 Å². The predicted octanol–water partition coefficient (Wildman–Crippen LogP) is 2.49. The van der Waals surface area contributed by atoms with Gasteiger partial charge >= 0.3 is 0 Å². The van der Waals surface area contributed by atoms with E-state index in [9.17, 15) is 0 Å². The maximum absolute atomic E-state index is 8.87. The molecule has 100 valence electrons. The number of rotatable bonds is 2. The second-order valence-electron chi connectivity index (χ2n) is 4.86. The first-order valence-electron chi connectivity index (χ1n) is 6.57. The molecule has 0 saturated carbocycles. The van der Waals surface area contributed by atoms with Crippen molar-refractivity contribution in [1.29, 1.82) is 5.26 Å². The van der Waals surface area contributed by atoms with Crippen LogP contribution in [0.15, 0.2) is 35.6 Å². The van der Waals surface area contributed by atoms with Gasteiger partial charge in [-0.25, -0.2) is 4.98 Å². The molecule has 0 radical (unpaired) electrons. The summed E-state index contributed by atoms with van der Waals surface area (Å²) in [6.07, 6.45) is 6.31. The number of hydrogen-bond acceptors (Lipinski definition) is 4. The zero-order valence-electron chi connectivity index (χ0n) is 10.9. The molecule has 1 unspecified atom stereocenters. The minimum absolute atomic E-state index is 0.182. The first-order valence-corrected chi connectivity index (χ1v) is 6.57. The lowest BCUT2D eigenvalue weighted by molar-refractivity contribution is 0.321. The van der Waals surface area contributed by atoms with Crippen LogP contribution in [0.1, 0.15) is 41.5 Å². The summed E-state index contributed by atoms with van der Waals surface area (Å²) in [5.74, 6) is 0.663. The van der Waals surface area contributed by atoms with Crippen molar-refractivity contribution < 1.29 is 5.21 Å². The zero-order valence-corrected chi connectivity index (χ0v) is 10.9. The molecular weight excluding hydrogens is 252 g/mol. The van der Waals surface area contributed by atoms with E-state index in [0.29, 0.717) is 11.4 Å². The molecule has 0 fully saturated rings. The van der Waals surface area contributed by atoms with Gasteiger partial charge < -0.3 is 9.77 Å². The van der Waals surface area contributed by atoms with E-state index in [1.165, 1.54) is 6.21 Å². The van der Waals surface area contributed by atoms with E-state index in [4.69, 9.17) is 10.5 Å². The first-order chi connectivity index (χ1) is 9.83. The highest BCUT2D eigenvalue weighted by atomic mass is 16.4. The van der Waals surface area contributed by atoms with Crippen molar-refractivity contribution in [2.24, 2.45) is 5.16 Å². The third-order valence-corrected chi connectivity index (χ3v) is 3.72. The summed E-state index contributed by atoms with van der Waals surface area (Å²) >= 11 is 0. The van der Waals surface area contributed by atoms with Crippen molar-refractivity contribution in [2.45, 2.75) is 25.3 Å². The average molecular weight is 266 g/mol. The van der Waals surface area contributed by atoms with Gasteiger partial charge in [-0.1, -0.05) is 17.3 Å². The Balaban J connectivity index is 2.04. The van der Waals surface area contributed by atoms with Crippen molar-refractivity contribution in [3.63, 3.8) is 0 Å².